The Morgan fingerprint density at radius 1 is 1.20 bits per heavy atom. The number of imidazole rings is 1. The third-order valence-corrected chi connectivity index (χ3v) is 5.63. The molecule has 154 valence electrons. The second kappa shape index (κ2) is 8.58. The second-order valence-electron chi connectivity index (χ2n) is 6.57. The van der Waals surface area contributed by atoms with Crippen molar-refractivity contribution in [3.63, 3.8) is 0 Å². The van der Waals surface area contributed by atoms with Crippen LogP contribution in [0.2, 0.25) is 0 Å². The van der Waals surface area contributed by atoms with Crippen molar-refractivity contribution >= 4 is 32.6 Å². The molecule has 0 bridgehead atoms. The molecule has 0 saturated carbocycles. The number of ether oxygens (including phenoxy) is 1. The standard InChI is InChI=1S/C21H18F2N4O2S/c1-29-15-4-6-18-19(12-15)30-21(25-18)27(9-2-8-26-10-7-24-13-26)20(28)14-3-5-16(22)17(23)11-14/h3-7,10-13H,2,8-9H2,1H3. The molecule has 0 N–H and O–H groups in total. The fourth-order valence-electron chi connectivity index (χ4n) is 3.03. The van der Waals surface area contributed by atoms with E-state index in [1.807, 2.05) is 22.9 Å². The summed E-state index contributed by atoms with van der Waals surface area (Å²) in [4.78, 5) is 23.2. The number of nitrogens with zero attached hydrogens (tertiary/aromatic N) is 4. The van der Waals surface area contributed by atoms with Gasteiger partial charge in [0, 0.05) is 31.0 Å². The number of aryl methyl sites for hydroxylation is 1. The minimum Gasteiger partial charge on any atom is -0.497 e. The maximum absolute atomic E-state index is 13.7. The number of rotatable bonds is 7. The summed E-state index contributed by atoms with van der Waals surface area (Å²) in [5.74, 6) is -1.81. The molecule has 0 aliphatic heterocycles. The van der Waals surface area contributed by atoms with Crippen molar-refractivity contribution in [3.05, 3.63) is 72.3 Å². The van der Waals surface area contributed by atoms with E-state index in [9.17, 15) is 13.6 Å². The highest BCUT2D eigenvalue weighted by Crippen LogP contribution is 2.32. The number of carbonyl (C=O) groups is 1. The van der Waals surface area contributed by atoms with Gasteiger partial charge in [0.15, 0.2) is 16.8 Å². The van der Waals surface area contributed by atoms with Crippen LogP contribution in [-0.2, 0) is 6.54 Å². The van der Waals surface area contributed by atoms with Gasteiger partial charge in [-0.2, -0.15) is 0 Å². The highest BCUT2D eigenvalue weighted by Gasteiger charge is 2.22. The van der Waals surface area contributed by atoms with Crippen molar-refractivity contribution in [2.75, 3.05) is 18.6 Å². The van der Waals surface area contributed by atoms with Gasteiger partial charge < -0.3 is 9.30 Å². The molecule has 1 amide bonds. The molecule has 0 aliphatic carbocycles. The number of aromatic nitrogens is 3. The first kappa shape index (κ1) is 20.0. The number of fused-ring (bicyclic) bond motifs is 1. The summed E-state index contributed by atoms with van der Waals surface area (Å²) in [6.45, 7) is 1.01. The van der Waals surface area contributed by atoms with Crippen molar-refractivity contribution in [2.24, 2.45) is 0 Å². The number of benzene rings is 2. The van der Waals surface area contributed by atoms with Crippen molar-refractivity contribution < 1.29 is 18.3 Å². The normalized spacial score (nSPS) is 11.0. The SMILES string of the molecule is COc1ccc2nc(N(CCCn3ccnc3)C(=O)c3ccc(F)c(F)c3)sc2c1. The molecule has 0 unspecified atom stereocenters. The monoisotopic (exact) mass is 428 g/mol. The van der Waals surface area contributed by atoms with Crippen LogP contribution in [0.1, 0.15) is 16.8 Å². The lowest BCUT2D eigenvalue weighted by Gasteiger charge is -2.20. The van der Waals surface area contributed by atoms with Gasteiger partial charge in [-0.15, -0.1) is 0 Å². The average Bonchev–Trinajstić information content (AvgIpc) is 3.41. The van der Waals surface area contributed by atoms with Gasteiger partial charge in [-0.25, -0.2) is 18.7 Å². The molecule has 2 heterocycles. The first-order valence-electron chi connectivity index (χ1n) is 9.22. The van der Waals surface area contributed by atoms with Crippen molar-refractivity contribution in [2.45, 2.75) is 13.0 Å². The van der Waals surface area contributed by atoms with E-state index in [0.717, 1.165) is 22.3 Å². The Bertz CT molecular complexity index is 1180. The topological polar surface area (TPSA) is 60.2 Å². The molecule has 30 heavy (non-hydrogen) atoms. The van der Waals surface area contributed by atoms with Crippen LogP contribution < -0.4 is 9.64 Å². The Hall–Kier alpha value is -3.33. The smallest absolute Gasteiger partial charge is 0.260 e. The third kappa shape index (κ3) is 4.16. The van der Waals surface area contributed by atoms with Crippen LogP contribution in [0, 0.1) is 11.6 Å². The minimum atomic E-state index is -1.06. The third-order valence-electron chi connectivity index (χ3n) is 4.58. The van der Waals surface area contributed by atoms with Gasteiger partial charge in [-0.3, -0.25) is 9.69 Å². The molecule has 0 fully saturated rings. The number of methoxy groups -OCH3 is 1. The first-order chi connectivity index (χ1) is 14.5. The maximum atomic E-state index is 13.7. The molecule has 0 atom stereocenters. The summed E-state index contributed by atoms with van der Waals surface area (Å²) < 4.78 is 35.1. The van der Waals surface area contributed by atoms with Crippen LogP contribution in [0.15, 0.2) is 55.1 Å². The van der Waals surface area contributed by atoms with Crippen LogP contribution in [0.5, 0.6) is 5.75 Å². The van der Waals surface area contributed by atoms with Gasteiger partial charge in [0.05, 0.1) is 23.7 Å². The average molecular weight is 428 g/mol. The molecule has 2 aromatic carbocycles. The Kier molecular flexibility index (Phi) is 5.71. The van der Waals surface area contributed by atoms with E-state index in [0.29, 0.717) is 30.4 Å². The lowest BCUT2D eigenvalue weighted by Crippen LogP contribution is -2.32. The zero-order valence-electron chi connectivity index (χ0n) is 16.1. The van der Waals surface area contributed by atoms with Gasteiger partial charge in [0.25, 0.3) is 5.91 Å². The highest BCUT2D eigenvalue weighted by molar-refractivity contribution is 7.22. The number of halogens is 2. The Morgan fingerprint density at radius 3 is 2.80 bits per heavy atom. The van der Waals surface area contributed by atoms with Crippen LogP contribution in [0.3, 0.4) is 0 Å². The summed E-state index contributed by atoms with van der Waals surface area (Å²) in [5.41, 5.74) is 0.793. The minimum absolute atomic E-state index is 0.0633. The van der Waals surface area contributed by atoms with Gasteiger partial charge in [-0.05, 0) is 42.8 Å². The zero-order chi connectivity index (χ0) is 21.1. The molecule has 0 spiro atoms. The van der Waals surface area contributed by atoms with Crippen LogP contribution in [-0.4, -0.2) is 34.1 Å². The Labute approximate surface area is 175 Å². The molecular weight excluding hydrogens is 410 g/mol. The van der Waals surface area contributed by atoms with Crippen LogP contribution >= 0.6 is 11.3 Å². The van der Waals surface area contributed by atoms with Gasteiger partial charge in [0.1, 0.15) is 5.75 Å². The molecule has 0 saturated heterocycles. The molecule has 4 aromatic rings. The molecule has 4 rings (SSSR count). The number of hydrogen-bond acceptors (Lipinski definition) is 5. The lowest BCUT2D eigenvalue weighted by atomic mass is 10.2. The Morgan fingerprint density at radius 2 is 2.07 bits per heavy atom. The van der Waals surface area contributed by atoms with Crippen molar-refractivity contribution in [1.82, 2.24) is 14.5 Å². The molecule has 2 aromatic heterocycles. The largest absolute Gasteiger partial charge is 0.497 e. The van der Waals surface area contributed by atoms with E-state index in [1.54, 1.807) is 25.7 Å². The van der Waals surface area contributed by atoms with E-state index >= 15 is 0 Å². The quantitative estimate of drug-likeness (QED) is 0.434. The van der Waals surface area contributed by atoms with Crippen LogP contribution in [0.4, 0.5) is 13.9 Å². The molecule has 6 nitrogen and oxygen atoms in total. The first-order valence-corrected chi connectivity index (χ1v) is 10.0. The van der Waals surface area contributed by atoms with Gasteiger partial charge in [-0.1, -0.05) is 11.3 Å². The predicted molar refractivity (Wildman–Crippen MR) is 111 cm³/mol. The summed E-state index contributed by atoms with van der Waals surface area (Å²) in [6.07, 6.45) is 5.85. The van der Waals surface area contributed by atoms with E-state index in [2.05, 4.69) is 9.97 Å². The van der Waals surface area contributed by atoms with E-state index in [1.165, 1.54) is 22.3 Å². The maximum Gasteiger partial charge on any atom is 0.260 e. The predicted octanol–water partition coefficient (Wildman–Crippen LogP) is 4.52. The number of thiazole rings is 1. The summed E-state index contributed by atoms with van der Waals surface area (Å²) in [6, 6.07) is 8.61. The van der Waals surface area contributed by atoms with Crippen molar-refractivity contribution in [1.29, 1.82) is 0 Å². The van der Waals surface area contributed by atoms with Gasteiger partial charge >= 0.3 is 0 Å². The number of anilines is 1. The molecule has 0 radical (unpaired) electrons. The Balaban J connectivity index is 1.65. The van der Waals surface area contributed by atoms with E-state index in [-0.39, 0.29) is 5.56 Å². The number of carbonyl (C=O) groups excluding carboxylic acids is 1. The molecule has 0 aliphatic rings. The molecule has 9 heteroatoms. The fraction of sp³-hybridized carbons (Fsp3) is 0.190. The van der Waals surface area contributed by atoms with Crippen molar-refractivity contribution in [3.8, 4) is 5.75 Å². The fourth-order valence-corrected chi connectivity index (χ4v) is 4.05. The lowest BCUT2D eigenvalue weighted by molar-refractivity contribution is 0.0985. The highest BCUT2D eigenvalue weighted by atomic mass is 32.1. The summed E-state index contributed by atoms with van der Waals surface area (Å²) >= 11 is 1.34. The van der Waals surface area contributed by atoms with Gasteiger partial charge in [0.2, 0.25) is 0 Å². The van der Waals surface area contributed by atoms with E-state index in [4.69, 9.17) is 4.74 Å². The number of hydrogen-bond donors (Lipinski definition) is 0. The van der Waals surface area contributed by atoms with E-state index < -0.39 is 17.5 Å². The molecular formula is C21H18F2N4O2S. The van der Waals surface area contributed by atoms with Crippen LogP contribution in [0.25, 0.3) is 10.2 Å². The zero-order valence-corrected chi connectivity index (χ0v) is 16.9. The second-order valence-corrected chi connectivity index (χ2v) is 7.58. The summed E-state index contributed by atoms with van der Waals surface area (Å²) in [5, 5.41) is 0.485. The summed E-state index contributed by atoms with van der Waals surface area (Å²) in [7, 11) is 1.58. The number of amides is 1.